The summed E-state index contributed by atoms with van der Waals surface area (Å²) in [5.74, 6) is -2.08. The van der Waals surface area contributed by atoms with Gasteiger partial charge in [-0.05, 0) is 39.2 Å². The van der Waals surface area contributed by atoms with E-state index in [2.05, 4.69) is 41.2 Å². The predicted octanol–water partition coefficient (Wildman–Crippen LogP) is 1.64. The molecule has 10 nitrogen and oxygen atoms in total. The minimum Gasteiger partial charge on any atom is -0.463 e. The van der Waals surface area contributed by atoms with Crippen LogP contribution in [0, 0.1) is 6.92 Å². The number of piperidine rings is 1. The first-order chi connectivity index (χ1) is 16.3. The molecule has 0 aliphatic carbocycles. The summed E-state index contributed by atoms with van der Waals surface area (Å²) in [6.45, 7) is 7.57. The number of amidine groups is 1. The number of aryl methyl sites for hydroxylation is 1. The van der Waals surface area contributed by atoms with Crippen molar-refractivity contribution < 1.29 is 33.7 Å². The fraction of sp³-hybridized carbons (Fsp3) is 0.542. The third-order valence-corrected chi connectivity index (χ3v) is 5.38. The molecule has 1 aromatic rings. The molecule has 2 rings (SSSR count). The second-order valence-electron chi connectivity index (χ2n) is 7.88. The first-order valence-electron chi connectivity index (χ1n) is 11.4. The number of likely N-dealkylation sites (tertiary alicyclic amines) is 1. The fourth-order valence-electron chi connectivity index (χ4n) is 3.54. The van der Waals surface area contributed by atoms with Crippen LogP contribution in [0.5, 0.6) is 0 Å². The van der Waals surface area contributed by atoms with Crippen molar-refractivity contribution >= 4 is 17.8 Å². The average molecular weight is 478 g/mol. The number of carbonyl (C=O) groups excluding carboxylic acids is 2. The van der Waals surface area contributed by atoms with Crippen LogP contribution >= 0.6 is 0 Å². The Labute approximate surface area is 200 Å². The Morgan fingerprint density at radius 3 is 2.38 bits per heavy atom. The fourth-order valence-corrected chi connectivity index (χ4v) is 3.54. The summed E-state index contributed by atoms with van der Waals surface area (Å²) in [6.07, 6.45) is 1.88. The smallest absolute Gasteiger partial charge is 0.377 e. The standard InChI is InChI=1S/C24H35N3O7/c1-4-31-21(29)16-20(22(30)32-5-2)34-26-23(25)24(33-15-14-28)10-12-27(13-11-24)17-19-8-6-18(3)7-9-19/h6-9,16,28H,4-5,10-15,17H2,1-3H3,(H2,25,26). The van der Waals surface area contributed by atoms with Gasteiger partial charge in [0.2, 0.25) is 5.76 Å². The van der Waals surface area contributed by atoms with Crippen molar-refractivity contribution in [3.8, 4) is 0 Å². The monoisotopic (exact) mass is 477 g/mol. The number of nitrogens with two attached hydrogens (primary N) is 1. The Morgan fingerprint density at radius 1 is 1.15 bits per heavy atom. The van der Waals surface area contributed by atoms with Crippen molar-refractivity contribution in [2.24, 2.45) is 10.9 Å². The van der Waals surface area contributed by atoms with Crippen molar-refractivity contribution in [1.82, 2.24) is 4.90 Å². The molecule has 10 heteroatoms. The van der Waals surface area contributed by atoms with Gasteiger partial charge < -0.3 is 29.9 Å². The molecular formula is C24H35N3O7. The summed E-state index contributed by atoms with van der Waals surface area (Å²) in [4.78, 5) is 31.5. The molecule has 0 unspecified atom stereocenters. The van der Waals surface area contributed by atoms with E-state index in [-0.39, 0.29) is 32.3 Å². The molecule has 0 aromatic heterocycles. The molecule has 1 aliphatic rings. The summed E-state index contributed by atoms with van der Waals surface area (Å²) in [7, 11) is 0. The predicted molar refractivity (Wildman–Crippen MR) is 126 cm³/mol. The summed E-state index contributed by atoms with van der Waals surface area (Å²) in [6, 6.07) is 8.38. The van der Waals surface area contributed by atoms with E-state index < -0.39 is 23.3 Å². The van der Waals surface area contributed by atoms with Gasteiger partial charge in [0.1, 0.15) is 5.60 Å². The summed E-state index contributed by atoms with van der Waals surface area (Å²) < 4.78 is 15.6. The SMILES string of the molecule is CCOC(=O)C=C(ON=C(N)C1(OCCO)CCN(Cc2ccc(C)cc2)CC1)C(=O)OCC. The van der Waals surface area contributed by atoms with Gasteiger partial charge in [0.15, 0.2) is 5.84 Å². The molecule has 34 heavy (non-hydrogen) atoms. The van der Waals surface area contributed by atoms with Gasteiger partial charge in [0.25, 0.3) is 0 Å². The van der Waals surface area contributed by atoms with Crippen LogP contribution in [0.15, 0.2) is 41.3 Å². The van der Waals surface area contributed by atoms with Crippen LogP contribution in [0.2, 0.25) is 0 Å². The quantitative estimate of drug-likeness (QED) is 0.115. The lowest BCUT2D eigenvalue weighted by Crippen LogP contribution is -2.54. The summed E-state index contributed by atoms with van der Waals surface area (Å²) >= 11 is 0. The van der Waals surface area contributed by atoms with Crippen LogP contribution in [0.4, 0.5) is 0 Å². The lowest BCUT2D eigenvalue weighted by atomic mass is 9.89. The number of rotatable bonds is 12. The van der Waals surface area contributed by atoms with Crippen LogP contribution in [-0.4, -0.2) is 72.9 Å². The zero-order valence-electron chi connectivity index (χ0n) is 20.1. The third-order valence-electron chi connectivity index (χ3n) is 5.38. The normalized spacial score (nSPS) is 16.7. The van der Waals surface area contributed by atoms with E-state index in [4.69, 9.17) is 24.8 Å². The molecule has 0 saturated carbocycles. The van der Waals surface area contributed by atoms with Crippen LogP contribution in [0.1, 0.15) is 37.8 Å². The van der Waals surface area contributed by atoms with Crippen LogP contribution in [0.25, 0.3) is 0 Å². The van der Waals surface area contributed by atoms with Crippen molar-refractivity contribution in [1.29, 1.82) is 0 Å². The maximum absolute atomic E-state index is 12.2. The number of aliphatic hydroxyl groups is 1. The molecule has 0 bridgehead atoms. The summed E-state index contributed by atoms with van der Waals surface area (Å²) in [5, 5.41) is 13.2. The van der Waals surface area contributed by atoms with E-state index in [0.717, 1.165) is 12.6 Å². The van der Waals surface area contributed by atoms with E-state index >= 15 is 0 Å². The lowest BCUT2D eigenvalue weighted by molar-refractivity contribution is -0.144. The molecule has 3 N–H and O–H groups in total. The highest BCUT2D eigenvalue weighted by Gasteiger charge is 2.40. The number of hydrogen-bond acceptors (Lipinski definition) is 9. The molecule has 1 aliphatic heterocycles. The third kappa shape index (κ3) is 8.12. The maximum atomic E-state index is 12.2. The molecule has 1 fully saturated rings. The number of carbonyl (C=O) groups is 2. The molecule has 1 aromatic carbocycles. The minimum absolute atomic E-state index is 0.00925. The number of aliphatic hydroxyl groups excluding tert-OH is 1. The number of hydrogen-bond donors (Lipinski definition) is 2. The first kappa shape index (κ1) is 27.3. The second kappa shape index (κ2) is 13.7. The van der Waals surface area contributed by atoms with E-state index in [0.29, 0.717) is 25.9 Å². The number of oxime groups is 1. The van der Waals surface area contributed by atoms with Crippen LogP contribution in [0.3, 0.4) is 0 Å². The van der Waals surface area contributed by atoms with Crippen molar-refractivity contribution in [3.05, 3.63) is 47.2 Å². The Balaban J connectivity index is 2.13. The number of nitrogens with zero attached hydrogens (tertiary/aromatic N) is 2. The van der Waals surface area contributed by atoms with E-state index in [1.807, 2.05) is 0 Å². The minimum atomic E-state index is -0.976. The largest absolute Gasteiger partial charge is 0.463 e. The van der Waals surface area contributed by atoms with Gasteiger partial charge in [-0.2, -0.15) is 0 Å². The molecule has 1 heterocycles. The van der Waals surface area contributed by atoms with E-state index in [9.17, 15) is 14.7 Å². The summed E-state index contributed by atoms with van der Waals surface area (Å²) in [5.41, 5.74) is 7.70. The van der Waals surface area contributed by atoms with Crippen LogP contribution < -0.4 is 5.73 Å². The van der Waals surface area contributed by atoms with Gasteiger partial charge in [-0.3, -0.25) is 4.90 Å². The molecule has 188 valence electrons. The van der Waals surface area contributed by atoms with E-state index in [1.54, 1.807) is 13.8 Å². The van der Waals surface area contributed by atoms with Crippen molar-refractivity contribution in [2.75, 3.05) is 39.5 Å². The van der Waals surface area contributed by atoms with E-state index in [1.165, 1.54) is 11.1 Å². The second-order valence-corrected chi connectivity index (χ2v) is 7.88. The highest BCUT2D eigenvalue weighted by atomic mass is 16.7. The first-order valence-corrected chi connectivity index (χ1v) is 11.4. The number of esters is 2. The topological polar surface area (TPSA) is 133 Å². The molecule has 0 radical (unpaired) electrons. The molecule has 1 saturated heterocycles. The Kier molecular flexibility index (Phi) is 11.0. The Hall–Kier alpha value is -2.95. The average Bonchev–Trinajstić information content (AvgIpc) is 2.83. The zero-order valence-corrected chi connectivity index (χ0v) is 20.1. The van der Waals surface area contributed by atoms with Gasteiger partial charge in [0, 0.05) is 19.6 Å². The zero-order chi connectivity index (χ0) is 25.0. The van der Waals surface area contributed by atoms with Crippen LogP contribution in [-0.2, 0) is 35.2 Å². The van der Waals surface area contributed by atoms with Gasteiger partial charge in [-0.1, -0.05) is 35.0 Å². The number of ether oxygens (including phenoxy) is 3. The van der Waals surface area contributed by atoms with Gasteiger partial charge >= 0.3 is 11.9 Å². The molecule has 0 spiro atoms. The van der Waals surface area contributed by atoms with Gasteiger partial charge in [-0.25, -0.2) is 9.59 Å². The van der Waals surface area contributed by atoms with Crippen molar-refractivity contribution in [3.63, 3.8) is 0 Å². The highest BCUT2D eigenvalue weighted by molar-refractivity contribution is 5.95. The maximum Gasteiger partial charge on any atom is 0.377 e. The van der Waals surface area contributed by atoms with Gasteiger partial charge in [0.05, 0.1) is 32.5 Å². The number of benzene rings is 1. The molecular weight excluding hydrogens is 442 g/mol. The Morgan fingerprint density at radius 2 is 1.79 bits per heavy atom. The van der Waals surface area contributed by atoms with Crippen molar-refractivity contribution in [2.45, 2.75) is 45.8 Å². The van der Waals surface area contributed by atoms with Gasteiger partial charge in [-0.15, -0.1) is 0 Å². The molecule has 0 amide bonds. The highest BCUT2D eigenvalue weighted by Crippen LogP contribution is 2.28. The Bertz CT molecular complexity index is 860. The molecule has 0 atom stereocenters. The lowest BCUT2D eigenvalue weighted by Gasteiger charge is -2.40.